The summed E-state index contributed by atoms with van der Waals surface area (Å²) < 4.78 is 0. The zero-order valence-electron chi connectivity index (χ0n) is 25.6. The molecule has 46 heavy (non-hydrogen) atoms. The van der Waals surface area contributed by atoms with Crippen molar-refractivity contribution < 1.29 is 48.9 Å². The number of nitrogens with zero attached hydrogens (tertiary/aromatic N) is 4. The first-order chi connectivity index (χ1) is 22.0. The van der Waals surface area contributed by atoms with Gasteiger partial charge in [0.15, 0.2) is 0 Å². The van der Waals surface area contributed by atoms with Crippen LogP contribution in [0.5, 0.6) is 0 Å². The number of aldehydes is 1. The maximum atomic E-state index is 13.6. The molecule has 0 aromatic heterocycles. The number of β-amino-alcohol motifs (C(OH)–C–C–N with tert-alkyl or cyclic N) is 3. The summed E-state index contributed by atoms with van der Waals surface area (Å²) in [6.45, 7) is -0.0500. The number of aliphatic hydroxyl groups excluding tert-OH is 3. The summed E-state index contributed by atoms with van der Waals surface area (Å²) in [5.74, 6) is -3.00. The van der Waals surface area contributed by atoms with Gasteiger partial charge in [0.2, 0.25) is 35.4 Å². The first kappa shape index (κ1) is 33.7. The van der Waals surface area contributed by atoms with Gasteiger partial charge in [-0.25, -0.2) is 0 Å². The fourth-order valence-corrected chi connectivity index (χ4v) is 7.24. The van der Waals surface area contributed by atoms with Gasteiger partial charge in [-0.2, -0.15) is 0 Å². The van der Waals surface area contributed by atoms with Gasteiger partial charge in [0, 0.05) is 45.6 Å². The molecule has 17 heteroatoms. The topological polar surface area (TPSA) is 229 Å². The van der Waals surface area contributed by atoms with E-state index in [4.69, 9.17) is 0 Å². The molecule has 0 aromatic carbocycles. The number of carbonyl (C=O) groups excluding carboxylic acids is 7. The Bertz CT molecular complexity index is 1230. The van der Waals surface area contributed by atoms with E-state index in [1.54, 1.807) is 0 Å². The molecule has 0 unspecified atom stereocenters. The van der Waals surface area contributed by atoms with E-state index >= 15 is 0 Å². The summed E-state index contributed by atoms with van der Waals surface area (Å²) in [5, 5.41) is 37.9. The number of nitrogens with one attached hydrogen (secondary N) is 3. The van der Waals surface area contributed by atoms with Crippen LogP contribution in [0.2, 0.25) is 0 Å². The molecule has 0 aromatic rings. The molecule has 5 fully saturated rings. The predicted octanol–water partition coefficient (Wildman–Crippen LogP) is -4.95. The molecule has 0 spiro atoms. The molecule has 5 rings (SSSR count). The van der Waals surface area contributed by atoms with Crippen molar-refractivity contribution in [2.75, 3.05) is 45.8 Å². The highest BCUT2D eigenvalue weighted by molar-refractivity contribution is 5.96. The Morgan fingerprint density at radius 3 is 1.78 bits per heavy atom. The van der Waals surface area contributed by atoms with Crippen molar-refractivity contribution in [1.82, 2.24) is 35.6 Å². The van der Waals surface area contributed by atoms with Crippen molar-refractivity contribution in [1.29, 1.82) is 0 Å². The Balaban J connectivity index is 1.15. The SMILES string of the molecule is O=C[C@@H]1C[C@@H](O)CN1C(=O)[C@@H]1CCCN1C(=O)CNC(=O)[C@@H]1C[C@@H](O)CN1C(=O)[C@@H]1CCCN1C(=O)CNC(=O)[C@@H]1C[C@@H](O)CN1. The van der Waals surface area contributed by atoms with Gasteiger partial charge in [-0.1, -0.05) is 0 Å². The Morgan fingerprint density at radius 2 is 1.22 bits per heavy atom. The van der Waals surface area contributed by atoms with Crippen LogP contribution in [-0.4, -0.2) is 171 Å². The molecule has 6 amide bonds. The summed E-state index contributed by atoms with van der Waals surface area (Å²) in [4.78, 5) is 95.2. The minimum Gasteiger partial charge on any atom is -0.392 e. The molecular formula is C29H43N7O10. The Hall–Kier alpha value is -3.67. The van der Waals surface area contributed by atoms with Crippen molar-refractivity contribution in [3.05, 3.63) is 0 Å². The van der Waals surface area contributed by atoms with E-state index < -0.39 is 90.5 Å². The third-order valence-electron chi connectivity index (χ3n) is 9.59. The molecule has 5 aliphatic rings. The quantitative estimate of drug-likeness (QED) is 0.130. The number of aliphatic hydroxyl groups is 3. The van der Waals surface area contributed by atoms with Gasteiger partial charge in [0.25, 0.3) is 0 Å². The van der Waals surface area contributed by atoms with E-state index in [0.717, 1.165) is 0 Å². The lowest BCUT2D eigenvalue weighted by Gasteiger charge is -2.31. The van der Waals surface area contributed by atoms with Crippen molar-refractivity contribution >= 4 is 41.7 Å². The van der Waals surface area contributed by atoms with Crippen LogP contribution in [0, 0.1) is 0 Å². The lowest BCUT2D eigenvalue weighted by molar-refractivity contribution is -0.147. The summed E-state index contributed by atoms with van der Waals surface area (Å²) in [6.07, 6.45) is 0.299. The van der Waals surface area contributed by atoms with Gasteiger partial charge in [0.1, 0.15) is 24.4 Å². The van der Waals surface area contributed by atoms with Gasteiger partial charge in [0.05, 0.1) is 43.5 Å². The van der Waals surface area contributed by atoms with Crippen molar-refractivity contribution in [2.24, 2.45) is 0 Å². The summed E-state index contributed by atoms with van der Waals surface area (Å²) in [5.41, 5.74) is 0. The zero-order valence-corrected chi connectivity index (χ0v) is 25.6. The lowest BCUT2D eigenvalue weighted by atomic mass is 10.1. The highest BCUT2D eigenvalue weighted by Gasteiger charge is 2.46. The fraction of sp³-hybridized carbons (Fsp3) is 0.759. The molecule has 6 N–H and O–H groups in total. The van der Waals surface area contributed by atoms with Crippen LogP contribution in [-0.2, 0) is 33.6 Å². The second-order valence-electron chi connectivity index (χ2n) is 12.8. The number of likely N-dealkylation sites (tertiary alicyclic amines) is 4. The summed E-state index contributed by atoms with van der Waals surface area (Å²) >= 11 is 0. The van der Waals surface area contributed by atoms with E-state index in [1.165, 1.54) is 19.6 Å². The first-order valence-electron chi connectivity index (χ1n) is 16.0. The van der Waals surface area contributed by atoms with Crippen LogP contribution in [0.3, 0.4) is 0 Å². The number of rotatable bonds is 9. The highest BCUT2D eigenvalue weighted by atomic mass is 16.3. The van der Waals surface area contributed by atoms with E-state index in [-0.39, 0.29) is 58.5 Å². The molecule has 0 aliphatic carbocycles. The van der Waals surface area contributed by atoms with Gasteiger partial charge in [-0.3, -0.25) is 28.8 Å². The first-order valence-corrected chi connectivity index (χ1v) is 16.0. The predicted molar refractivity (Wildman–Crippen MR) is 156 cm³/mol. The molecule has 17 nitrogen and oxygen atoms in total. The van der Waals surface area contributed by atoms with Crippen LogP contribution < -0.4 is 16.0 Å². The van der Waals surface area contributed by atoms with Crippen molar-refractivity contribution in [3.63, 3.8) is 0 Å². The molecule has 0 radical (unpaired) electrons. The smallest absolute Gasteiger partial charge is 0.246 e. The largest absolute Gasteiger partial charge is 0.392 e. The molecule has 5 saturated heterocycles. The average Bonchev–Trinajstić information content (AvgIpc) is 3.87. The maximum Gasteiger partial charge on any atom is 0.246 e. The van der Waals surface area contributed by atoms with Crippen molar-refractivity contribution in [3.8, 4) is 0 Å². The number of hydrogen-bond donors (Lipinski definition) is 6. The van der Waals surface area contributed by atoms with Crippen LogP contribution in [0.15, 0.2) is 0 Å². The van der Waals surface area contributed by atoms with Crippen molar-refractivity contribution in [2.45, 2.75) is 93.5 Å². The van der Waals surface area contributed by atoms with Gasteiger partial charge in [-0.05, 0) is 32.1 Å². The van der Waals surface area contributed by atoms with Gasteiger partial charge >= 0.3 is 0 Å². The minimum absolute atomic E-state index is 0.00693. The average molecular weight is 650 g/mol. The van der Waals surface area contributed by atoms with Crippen LogP contribution in [0.4, 0.5) is 0 Å². The van der Waals surface area contributed by atoms with E-state index in [0.29, 0.717) is 32.0 Å². The van der Waals surface area contributed by atoms with Crippen LogP contribution in [0.1, 0.15) is 44.9 Å². The van der Waals surface area contributed by atoms with Crippen LogP contribution >= 0.6 is 0 Å². The summed E-state index contributed by atoms with van der Waals surface area (Å²) in [6, 6.07) is -4.15. The zero-order chi connectivity index (χ0) is 33.1. The van der Waals surface area contributed by atoms with E-state index in [1.807, 2.05) is 0 Å². The Morgan fingerprint density at radius 1 is 0.674 bits per heavy atom. The van der Waals surface area contributed by atoms with Gasteiger partial charge < -0.3 is 55.7 Å². The summed E-state index contributed by atoms with van der Waals surface area (Å²) in [7, 11) is 0. The van der Waals surface area contributed by atoms with Crippen LogP contribution in [0.25, 0.3) is 0 Å². The van der Waals surface area contributed by atoms with Gasteiger partial charge in [-0.15, -0.1) is 0 Å². The maximum absolute atomic E-state index is 13.6. The Labute approximate surface area is 265 Å². The molecular weight excluding hydrogens is 606 g/mol. The molecule has 0 bridgehead atoms. The molecule has 5 aliphatic heterocycles. The molecule has 254 valence electrons. The molecule has 5 heterocycles. The van der Waals surface area contributed by atoms with E-state index in [9.17, 15) is 48.9 Å². The third kappa shape index (κ3) is 7.16. The fourth-order valence-electron chi connectivity index (χ4n) is 7.24. The number of amides is 6. The molecule has 8 atom stereocenters. The Kier molecular flexibility index (Phi) is 10.5. The standard InChI is InChI=1S/C29H43N7O10/c37-15-16-7-18(39)13-35(16)28(45)21-3-1-5-33(21)25(42)12-32-27(44)23-9-19(40)14-36(23)29(46)22-4-2-6-34(22)24(41)11-31-26(43)20-8-17(38)10-30-20/h15-23,30,38-40H,1-14H2,(H,31,43)(H,32,44)/t16-,17+,18+,19+,20-,21-,22-,23-/m0/s1. The normalized spacial score (nSPS) is 32.6. The monoisotopic (exact) mass is 649 g/mol. The number of hydrogen-bond acceptors (Lipinski definition) is 11. The highest BCUT2D eigenvalue weighted by Crippen LogP contribution is 2.27. The number of carbonyl (C=O) groups is 7. The minimum atomic E-state index is -1.08. The second kappa shape index (κ2) is 14.4. The second-order valence-corrected chi connectivity index (χ2v) is 12.8. The third-order valence-corrected chi connectivity index (χ3v) is 9.59. The lowest BCUT2D eigenvalue weighted by Crippen LogP contribution is -2.55. The van der Waals surface area contributed by atoms with E-state index in [2.05, 4.69) is 16.0 Å². The molecule has 0 saturated carbocycles.